The van der Waals surface area contributed by atoms with Crippen LogP contribution >= 0.6 is 0 Å². The van der Waals surface area contributed by atoms with Gasteiger partial charge in [0.15, 0.2) is 11.6 Å². The molecule has 1 aliphatic rings. The van der Waals surface area contributed by atoms with Crippen LogP contribution < -0.4 is 0 Å². The Morgan fingerprint density at radius 1 is 1.31 bits per heavy atom. The molecule has 0 spiro atoms. The van der Waals surface area contributed by atoms with Gasteiger partial charge in [-0.3, -0.25) is 9.69 Å². The number of hydrogen-bond acceptors (Lipinski definition) is 5. The summed E-state index contributed by atoms with van der Waals surface area (Å²) in [6, 6.07) is 2.61. The monoisotopic (exact) mass is 371 g/mol. The zero-order valence-electron chi connectivity index (χ0n) is 14.3. The number of benzene rings is 1. The van der Waals surface area contributed by atoms with Crippen molar-refractivity contribution < 1.29 is 37.7 Å². The quantitative estimate of drug-likeness (QED) is 0.631. The molecule has 1 aromatic rings. The summed E-state index contributed by atoms with van der Waals surface area (Å²) >= 11 is 0. The van der Waals surface area contributed by atoms with Gasteiger partial charge in [-0.25, -0.2) is 18.4 Å². The molecule has 1 fully saturated rings. The lowest BCUT2D eigenvalue weighted by atomic mass is 9.96. The molecule has 0 bridgehead atoms. The first kappa shape index (κ1) is 19.6. The van der Waals surface area contributed by atoms with Gasteiger partial charge in [0.25, 0.3) is 0 Å². The fourth-order valence-electron chi connectivity index (χ4n) is 2.99. The second-order valence-electron chi connectivity index (χ2n) is 6.09. The zero-order chi connectivity index (χ0) is 19.4. The number of hydrogen-bond donors (Lipinski definition) is 1. The van der Waals surface area contributed by atoms with E-state index >= 15 is 0 Å². The lowest BCUT2D eigenvalue weighted by Gasteiger charge is -2.23. The summed E-state index contributed by atoms with van der Waals surface area (Å²) in [6.07, 6.45) is -1.97. The molecule has 0 aromatic heterocycles. The van der Waals surface area contributed by atoms with Gasteiger partial charge < -0.3 is 14.6 Å². The molecule has 26 heavy (non-hydrogen) atoms. The third-order valence-corrected chi connectivity index (χ3v) is 4.05. The minimum Gasteiger partial charge on any atom is -0.480 e. The molecule has 0 unspecified atom stereocenters. The van der Waals surface area contributed by atoms with Crippen molar-refractivity contribution >= 4 is 18.0 Å². The number of carbonyl (C=O) groups excluding carboxylic acids is 2. The number of aliphatic carboxylic acids is 1. The maximum absolute atomic E-state index is 13.8. The number of carbonyl (C=O) groups is 3. The number of esters is 1. The molecule has 1 saturated heterocycles. The van der Waals surface area contributed by atoms with Crippen molar-refractivity contribution in [3.05, 3.63) is 35.4 Å². The smallest absolute Gasteiger partial charge is 0.413 e. The van der Waals surface area contributed by atoms with Gasteiger partial charge >= 0.3 is 18.0 Å². The second-order valence-corrected chi connectivity index (χ2v) is 6.09. The number of nitrogens with zero attached hydrogens (tertiary/aromatic N) is 1. The second kappa shape index (κ2) is 8.11. The average molecular weight is 371 g/mol. The predicted octanol–water partition coefficient (Wildman–Crippen LogP) is 2.33. The van der Waals surface area contributed by atoms with Crippen LogP contribution in [0.15, 0.2) is 18.2 Å². The summed E-state index contributed by atoms with van der Waals surface area (Å²) < 4.78 is 36.7. The van der Waals surface area contributed by atoms with Crippen molar-refractivity contribution in [1.82, 2.24) is 4.90 Å². The lowest BCUT2D eigenvalue weighted by Crippen LogP contribution is -2.42. The highest BCUT2D eigenvalue weighted by Gasteiger charge is 2.41. The summed E-state index contributed by atoms with van der Waals surface area (Å²) in [7, 11) is 0. The molecule has 2 rings (SSSR count). The highest BCUT2D eigenvalue weighted by atomic mass is 19.2. The molecule has 0 saturated carbocycles. The Labute approximate surface area is 148 Å². The van der Waals surface area contributed by atoms with E-state index in [0.29, 0.717) is 0 Å². The van der Waals surface area contributed by atoms with Crippen molar-refractivity contribution in [3.63, 3.8) is 0 Å². The Balaban J connectivity index is 2.07. The Bertz CT molecular complexity index is 710. The molecule has 1 aromatic carbocycles. The molecule has 1 amide bonds. The number of ether oxygens (including phenoxy) is 2. The Kier molecular flexibility index (Phi) is 6.12. The fourth-order valence-corrected chi connectivity index (χ4v) is 2.99. The van der Waals surface area contributed by atoms with Crippen molar-refractivity contribution in [1.29, 1.82) is 0 Å². The maximum Gasteiger partial charge on any atom is 0.413 e. The maximum atomic E-state index is 13.8. The molecule has 9 heteroatoms. The summed E-state index contributed by atoms with van der Waals surface area (Å²) in [4.78, 5) is 35.5. The summed E-state index contributed by atoms with van der Waals surface area (Å²) in [5, 5.41) is 9.33. The van der Waals surface area contributed by atoms with Crippen LogP contribution in [0, 0.1) is 17.6 Å². The van der Waals surface area contributed by atoms with E-state index in [2.05, 4.69) is 4.74 Å². The van der Waals surface area contributed by atoms with E-state index < -0.39 is 42.0 Å². The summed E-state index contributed by atoms with van der Waals surface area (Å²) in [5.41, 5.74) is 0.114. The van der Waals surface area contributed by atoms with Crippen LogP contribution in [-0.4, -0.2) is 46.9 Å². The fraction of sp³-hybridized carbons (Fsp3) is 0.471. The largest absolute Gasteiger partial charge is 0.480 e. The molecule has 0 radical (unpaired) electrons. The van der Waals surface area contributed by atoms with Crippen LogP contribution in [0.3, 0.4) is 0 Å². The summed E-state index contributed by atoms with van der Waals surface area (Å²) in [5.74, 6) is -4.24. The third kappa shape index (κ3) is 4.68. The molecule has 1 heterocycles. The number of amides is 1. The minimum atomic E-state index is -1.23. The van der Waals surface area contributed by atoms with Crippen molar-refractivity contribution in [2.75, 3.05) is 6.54 Å². The third-order valence-electron chi connectivity index (χ3n) is 4.05. The molecular weight excluding hydrogens is 352 g/mol. The molecule has 1 aliphatic heterocycles. The van der Waals surface area contributed by atoms with Gasteiger partial charge in [-0.2, -0.15) is 0 Å². The topological polar surface area (TPSA) is 93.1 Å². The first-order chi connectivity index (χ1) is 12.2. The average Bonchev–Trinajstić information content (AvgIpc) is 2.95. The molecule has 142 valence electrons. The van der Waals surface area contributed by atoms with Gasteiger partial charge in [0, 0.05) is 20.4 Å². The molecular formula is C17H19F2NO6. The standard InChI is InChI=1S/C17H19F2NO6/c1-9(21)25-10(2)26-17(24)20-8-11(7-14(20)16(22)23)6-12-4-3-5-13(18)15(12)19/h3-5,10-11,14H,6-8H2,1-2H3,(H,22,23)/t10-,11-,14-/m0/s1. The van der Waals surface area contributed by atoms with Crippen LogP contribution in [0.25, 0.3) is 0 Å². The van der Waals surface area contributed by atoms with Gasteiger partial charge in [-0.1, -0.05) is 12.1 Å². The van der Waals surface area contributed by atoms with Crippen LogP contribution in [-0.2, 0) is 25.5 Å². The van der Waals surface area contributed by atoms with Crippen LogP contribution in [0.2, 0.25) is 0 Å². The van der Waals surface area contributed by atoms with E-state index in [1.165, 1.54) is 19.1 Å². The zero-order valence-corrected chi connectivity index (χ0v) is 14.3. The minimum absolute atomic E-state index is 0.00144. The number of carboxylic acids is 1. The Hall–Kier alpha value is -2.71. The highest BCUT2D eigenvalue weighted by molar-refractivity contribution is 5.81. The molecule has 0 aliphatic carbocycles. The van der Waals surface area contributed by atoms with Crippen molar-refractivity contribution in [2.24, 2.45) is 5.92 Å². The van der Waals surface area contributed by atoms with E-state index in [-0.39, 0.29) is 30.9 Å². The number of likely N-dealkylation sites (tertiary alicyclic amines) is 1. The van der Waals surface area contributed by atoms with Crippen molar-refractivity contribution in [2.45, 2.75) is 39.0 Å². The number of carboxylic acid groups (broad SMARTS) is 1. The normalized spacial score (nSPS) is 20.5. The van der Waals surface area contributed by atoms with Gasteiger partial charge in [-0.15, -0.1) is 0 Å². The first-order valence-electron chi connectivity index (χ1n) is 7.99. The van der Waals surface area contributed by atoms with Crippen LogP contribution in [0.4, 0.5) is 13.6 Å². The Morgan fingerprint density at radius 2 is 2.00 bits per heavy atom. The number of rotatable bonds is 5. The van der Waals surface area contributed by atoms with Gasteiger partial charge in [-0.05, 0) is 30.4 Å². The van der Waals surface area contributed by atoms with E-state index in [1.807, 2.05) is 0 Å². The lowest BCUT2D eigenvalue weighted by molar-refractivity contribution is -0.164. The van der Waals surface area contributed by atoms with E-state index in [9.17, 15) is 28.3 Å². The SMILES string of the molecule is CC(=O)O[C@H](C)OC(=O)N1C[C@@H](Cc2cccc(F)c2F)C[C@H]1C(=O)O. The van der Waals surface area contributed by atoms with Crippen LogP contribution in [0.1, 0.15) is 25.8 Å². The van der Waals surface area contributed by atoms with Crippen molar-refractivity contribution in [3.8, 4) is 0 Å². The molecule has 1 N–H and O–H groups in total. The molecule has 3 atom stereocenters. The van der Waals surface area contributed by atoms with E-state index in [1.54, 1.807) is 0 Å². The van der Waals surface area contributed by atoms with E-state index in [4.69, 9.17) is 4.74 Å². The highest BCUT2D eigenvalue weighted by Crippen LogP contribution is 2.28. The molecule has 7 nitrogen and oxygen atoms in total. The first-order valence-corrected chi connectivity index (χ1v) is 7.99. The Morgan fingerprint density at radius 3 is 2.62 bits per heavy atom. The predicted molar refractivity (Wildman–Crippen MR) is 84.0 cm³/mol. The summed E-state index contributed by atoms with van der Waals surface area (Å²) in [6.45, 7) is 2.47. The van der Waals surface area contributed by atoms with Gasteiger partial charge in [0.1, 0.15) is 6.04 Å². The van der Waals surface area contributed by atoms with Gasteiger partial charge in [0.2, 0.25) is 6.29 Å². The van der Waals surface area contributed by atoms with Crippen LogP contribution in [0.5, 0.6) is 0 Å². The number of halogens is 2. The van der Waals surface area contributed by atoms with Gasteiger partial charge in [0.05, 0.1) is 0 Å². The van der Waals surface area contributed by atoms with E-state index in [0.717, 1.165) is 17.9 Å².